The first-order valence-electron chi connectivity index (χ1n) is 13.3. The van der Waals surface area contributed by atoms with E-state index in [1.54, 1.807) is 26.4 Å². The van der Waals surface area contributed by atoms with Crippen LogP contribution in [0, 0.1) is 6.92 Å². The molecule has 0 radical (unpaired) electrons. The highest BCUT2D eigenvalue weighted by Gasteiger charge is 2.32. The summed E-state index contributed by atoms with van der Waals surface area (Å²) in [7, 11) is 3.13. The van der Waals surface area contributed by atoms with Gasteiger partial charge in [-0.05, 0) is 86.3 Å². The van der Waals surface area contributed by atoms with Gasteiger partial charge in [-0.1, -0.05) is 25.3 Å². The molecular weight excluding hydrogens is 516 g/mol. The Balaban J connectivity index is 0.00000172. The number of aromatic nitrogens is 1. The highest BCUT2D eigenvalue weighted by atomic mass is 32.1. The van der Waals surface area contributed by atoms with Crippen LogP contribution in [0.25, 0.3) is 22.8 Å². The maximum Gasteiger partial charge on any atom is 0.264 e. The van der Waals surface area contributed by atoms with E-state index in [0.29, 0.717) is 22.7 Å². The fourth-order valence-corrected chi connectivity index (χ4v) is 6.53. The Morgan fingerprint density at radius 1 is 1.05 bits per heavy atom. The zero-order valence-electron chi connectivity index (χ0n) is 22.7. The Morgan fingerprint density at radius 3 is 2.44 bits per heavy atom. The molecule has 1 saturated carbocycles. The van der Waals surface area contributed by atoms with Crippen LogP contribution in [0.1, 0.15) is 69.8 Å². The molecule has 39 heavy (non-hydrogen) atoms. The molecule has 206 valence electrons. The normalized spacial score (nSPS) is 15.2. The van der Waals surface area contributed by atoms with Crippen molar-refractivity contribution < 1.29 is 18.3 Å². The van der Waals surface area contributed by atoms with Crippen LogP contribution in [0.3, 0.4) is 0 Å². The quantitative estimate of drug-likeness (QED) is 0.341. The minimum absolute atomic E-state index is 0.0534. The van der Waals surface area contributed by atoms with Crippen molar-refractivity contribution in [1.29, 1.82) is 0 Å². The Kier molecular flexibility index (Phi) is 9.64. The zero-order valence-corrected chi connectivity index (χ0v) is 23.5. The van der Waals surface area contributed by atoms with E-state index in [9.17, 15) is 13.6 Å². The predicted molar refractivity (Wildman–Crippen MR) is 155 cm³/mol. The van der Waals surface area contributed by atoms with Gasteiger partial charge in [0.1, 0.15) is 17.4 Å². The molecule has 0 bridgehead atoms. The first kappa shape index (κ1) is 28.6. The summed E-state index contributed by atoms with van der Waals surface area (Å²) in [6.45, 7) is 2.07. The largest absolute Gasteiger partial charge is 0.496 e. The van der Waals surface area contributed by atoms with Gasteiger partial charge < -0.3 is 15.4 Å². The number of carbonyl (C=O) groups excluding carboxylic acids is 1. The van der Waals surface area contributed by atoms with Gasteiger partial charge in [-0.3, -0.25) is 9.78 Å². The molecule has 0 atom stereocenters. The zero-order chi connectivity index (χ0) is 27.9. The molecule has 2 aliphatic carbocycles. The van der Waals surface area contributed by atoms with Crippen LogP contribution in [-0.4, -0.2) is 36.0 Å². The van der Waals surface area contributed by atoms with Gasteiger partial charge in [0.2, 0.25) is 0 Å². The van der Waals surface area contributed by atoms with Crippen LogP contribution >= 0.6 is 11.3 Å². The number of hydrogen-bond donors (Lipinski definition) is 1. The lowest BCUT2D eigenvalue weighted by Gasteiger charge is -2.35. The van der Waals surface area contributed by atoms with Crippen molar-refractivity contribution in [2.24, 2.45) is 5.73 Å². The van der Waals surface area contributed by atoms with Crippen LogP contribution in [0.4, 0.5) is 8.78 Å². The standard InChI is InChI=1S/C30H30F2N2O2S.CH5N/c1-19-27-24(31)9-6-10-25(32)29(27)37-28(19)30(35)34(23-7-4-3-5-8-23)18-22-17-21(11-12-26(22)36-2)20-13-15-33-16-14-20;1-2/h9-17,23H,3-8,18H2,1-2H3;2H2,1H3. The number of hydrogen-bond acceptors (Lipinski definition) is 5. The van der Waals surface area contributed by atoms with Crippen molar-refractivity contribution in [2.45, 2.75) is 58.0 Å². The number of fused-ring (bicyclic) bond motifs is 1. The first-order chi connectivity index (χ1) is 19.0. The van der Waals surface area contributed by atoms with Crippen molar-refractivity contribution in [3.63, 3.8) is 0 Å². The number of rotatable bonds is 6. The smallest absolute Gasteiger partial charge is 0.264 e. The Hall–Kier alpha value is -3.36. The molecule has 0 unspecified atom stereocenters. The fourth-order valence-electron chi connectivity index (χ4n) is 5.33. The lowest BCUT2D eigenvalue weighted by atomic mass is 9.93. The topological polar surface area (TPSA) is 68.5 Å². The third-order valence-electron chi connectivity index (χ3n) is 7.30. The van der Waals surface area contributed by atoms with E-state index in [1.807, 2.05) is 29.2 Å². The van der Waals surface area contributed by atoms with Crippen LogP contribution in [0.2, 0.25) is 0 Å². The number of nitrogens with zero attached hydrogens (tertiary/aromatic N) is 2. The molecule has 1 amide bonds. The van der Waals surface area contributed by atoms with E-state index in [-0.39, 0.29) is 28.8 Å². The Bertz CT molecular complexity index is 1360. The summed E-state index contributed by atoms with van der Waals surface area (Å²) in [5.74, 6) is -0.419. The molecule has 0 spiro atoms. The molecule has 3 aromatic rings. The third kappa shape index (κ3) is 6.12. The van der Waals surface area contributed by atoms with Crippen molar-refractivity contribution >= 4 is 28.9 Å². The van der Waals surface area contributed by atoms with Gasteiger partial charge in [-0.15, -0.1) is 11.3 Å². The van der Waals surface area contributed by atoms with Crippen molar-refractivity contribution in [2.75, 3.05) is 14.2 Å². The summed E-state index contributed by atoms with van der Waals surface area (Å²) in [4.78, 5) is 20.7. The molecule has 2 aromatic heterocycles. The predicted octanol–water partition coefficient (Wildman–Crippen LogP) is 7.70. The third-order valence-corrected chi connectivity index (χ3v) is 8.59. The maximum absolute atomic E-state index is 14.9. The second-order valence-electron chi connectivity index (χ2n) is 9.59. The highest BCUT2D eigenvalue weighted by molar-refractivity contribution is 7.15. The fraction of sp³-hybridized carbons (Fsp3) is 0.355. The van der Waals surface area contributed by atoms with Crippen molar-refractivity contribution in [1.82, 2.24) is 9.88 Å². The van der Waals surface area contributed by atoms with E-state index in [1.165, 1.54) is 19.2 Å². The van der Waals surface area contributed by atoms with Gasteiger partial charge >= 0.3 is 0 Å². The van der Waals surface area contributed by atoms with E-state index >= 15 is 0 Å². The maximum atomic E-state index is 14.9. The molecule has 2 aliphatic rings. The van der Waals surface area contributed by atoms with Gasteiger partial charge in [0.05, 0.1) is 16.9 Å². The molecule has 0 saturated heterocycles. The summed E-state index contributed by atoms with van der Waals surface area (Å²) in [6, 6.07) is 9.92. The molecule has 1 aromatic carbocycles. The lowest BCUT2D eigenvalue weighted by molar-refractivity contribution is 0.0617. The molecule has 0 aliphatic heterocycles. The van der Waals surface area contributed by atoms with Gasteiger partial charge in [0.15, 0.2) is 0 Å². The van der Waals surface area contributed by atoms with Gasteiger partial charge in [0.25, 0.3) is 5.91 Å². The average Bonchev–Trinajstić information content (AvgIpc) is 3.27. The second kappa shape index (κ2) is 13.1. The number of pyridine rings is 1. The van der Waals surface area contributed by atoms with Crippen LogP contribution in [-0.2, 0) is 6.54 Å². The number of thiophene rings is 1. The molecule has 5 nitrogen and oxygen atoms in total. The van der Waals surface area contributed by atoms with Crippen molar-refractivity contribution in [3.8, 4) is 16.9 Å². The van der Waals surface area contributed by atoms with Crippen LogP contribution < -0.4 is 10.5 Å². The number of methoxy groups -OCH3 is 1. The second-order valence-corrected chi connectivity index (χ2v) is 10.6. The number of benzene rings is 1. The number of amides is 1. The van der Waals surface area contributed by atoms with Gasteiger partial charge in [-0.2, -0.15) is 0 Å². The summed E-state index contributed by atoms with van der Waals surface area (Å²) >= 11 is 1.05. The van der Waals surface area contributed by atoms with Crippen molar-refractivity contribution in [3.05, 3.63) is 81.3 Å². The number of nitrogens with two attached hydrogens (primary N) is 1. The SMILES string of the molecule is CN.COc1ccc(-c2ccncc2)cc1CN(C(=O)c1sc2c(c1C)C(F)=CCC=C2F)C1CCCCC1. The van der Waals surface area contributed by atoms with E-state index in [2.05, 4.69) is 16.8 Å². The number of allylic oxidation sites excluding steroid dienone is 2. The molecule has 5 rings (SSSR count). The van der Waals surface area contributed by atoms with Crippen LogP contribution in [0.5, 0.6) is 5.75 Å². The first-order valence-corrected chi connectivity index (χ1v) is 14.1. The van der Waals surface area contributed by atoms with E-state index < -0.39 is 11.7 Å². The average molecular weight is 552 g/mol. The molecule has 1 fully saturated rings. The van der Waals surface area contributed by atoms with Crippen LogP contribution in [0.15, 0.2) is 54.9 Å². The molecule has 2 N–H and O–H groups in total. The number of ether oxygens (including phenoxy) is 1. The minimum atomic E-state index is -0.470. The van der Waals surface area contributed by atoms with E-state index in [0.717, 1.165) is 60.1 Å². The number of halogens is 2. The molecule has 8 heteroatoms. The summed E-state index contributed by atoms with van der Waals surface area (Å²) in [5.41, 5.74) is 8.14. The van der Waals surface area contributed by atoms with E-state index in [4.69, 9.17) is 4.74 Å². The van der Waals surface area contributed by atoms with Gasteiger partial charge in [0, 0.05) is 36.1 Å². The summed E-state index contributed by atoms with van der Waals surface area (Å²) in [6.07, 6.45) is 11.5. The Morgan fingerprint density at radius 2 is 1.74 bits per heavy atom. The monoisotopic (exact) mass is 551 g/mol. The molecule has 2 heterocycles. The highest BCUT2D eigenvalue weighted by Crippen LogP contribution is 2.42. The number of carbonyl (C=O) groups is 1. The minimum Gasteiger partial charge on any atom is -0.496 e. The summed E-state index contributed by atoms with van der Waals surface area (Å²) in [5, 5.41) is 0. The van der Waals surface area contributed by atoms with Gasteiger partial charge in [-0.25, -0.2) is 8.78 Å². The lowest BCUT2D eigenvalue weighted by Crippen LogP contribution is -2.41. The Labute approximate surface area is 233 Å². The summed E-state index contributed by atoms with van der Waals surface area (Å²) < 4.78 is 35.4. The molecular formula is C31H35F2N3O2S.